The molecule has 8 heteroatoms. The van der Waals surface area contributed by atoms with Crippen LogP contribution in [-0.2, 0) is 10.0 Å². The molecule has 0 heterocycles. The Kier molecular flexibility index (Phi) is 5.02. The van der Waals surface area contributed by atoms with Gasteiger partial charge < -0.3 is 5.73 Å². The zero-order chi connectivity index (χ0) is 14.0. The van der Waals surface area contributed by atoms with Gasteiger partial charge in [0.2, 0.25) is 0 Å². The van der Waals surface area contributed by atoms with Gasteiger partial charge in [-0.15, -0.1) is 0 Å². The lowest BCUT2D eigenvalue weighted by Crippen LogP contribution is -2.51. The largest absolute Gasteiger partial charge is 0.511 e. The van der Waals surface area contributed by atoms with Crippen molar-refractivity contribution in [3.05, 3.63) is 0 Å². The number of hydrogen-bond donors (Lipinski definition) is 1. The Morgan fingerprint density at radius 3 is 2.28 bits per heavy atom. The van der Waals surface area contributed by atoms with Crippen molar-refractivity contribution in [3.63, 3.8) is 0 Å². The molecule has 0 aliphatic heterocycles. The molecule has 0 saturated heterocycles. The van der Waals surface area contributed by atoms with Crippen molar-refractivity contribution in [1.29, 1.82) is 0 Å². The maximum Gasteiger partial charge on any atom is 0.511 e. The van der Waals surface area contributed by atoms with E-state index in [0.717, 1.165) is 12.8 Å². The van der Waals surface area contributed by atoms with Crippen LogP contribution in [-0.4, -0.2) is 37.4 Å². The maximum atomic E-state index is 12.6. The average Bonchev–Trinajstić information content (AvgIpc) is 2.29. The molecule has 0 aromatic carbocycles. The van der Waals surface area contributed by atoms with Crippen LogP contribution in [0.15, 0.2) is 0 Å². The quantitative estimate of drug-likeness (QED) is 0.856. The lowest BCUT2D eigenvalue weighted by molar-refractivity contribution is -0.0512. The molecule has 2 atom stereocenters. The van der Waals surface area contributed by atoms with E-state index < -0.39 is 21.6 Å². The molecule has 0 spiro atoms. The van der Waals surface area contributed by atoms with Crippen molar-refractivity contribution >= 4 is 10.0 Å². The number of halogens is 3. The van der Waals surface area contributed by atoms with Gasteiger partial charge in [-0.25, -0.2) is 8.42 Å². The monoisotopic (exact) mass is 288 g/mol. The highest BCUT2D eigenvalue weighted by atomic mass is 32.2. The fourth-order valence-corrected chi connectivity index (χ4v) is 3.80. The van der Waals surface area contributed by atoms with Gasteiger partial charge in [-0.05, 0) is 25.3 Å². The number of rotatable bonds is 4. The Balaban J connectivity index is 3.02. The summed E-state index contributed by atoms with van der Waals surface area (Å²) in [7, 11) is -5.25. The fourth-order valence-electron chi connectivity index (χ4n) is 2.56. The zero-order valence-corrected chi connectivity index (χ0v) is 11.1. The van der Waals surface area contributed by atoms with Gasteiger partial charge in [0.05, 0.1) is 0 Å². The van der Waals surface area contributed by atoms with Crippen molar-refractivity contribution in [2.75, 3.05) is 13.1 Å². The molecule has 0 amide bonds. The van der Waals surface area contributed by atoms with Gasteiger partial charge in [0.15, 0.2) is 0 Å². The Morgan fingerprint density at radius 1 is 1.28 bits per heavy atom. The van der Waals surface area contributed by atoms with E-state index in [9.17, 15) is 21.6 Å². The van der Waals surface area contributed by atoms with E-state index in [4.69, 9.17) is 5.73 Å². The van der Waals surface area contributed by atoms with Crippen LogP contribution in [0.4, 0.5) is 13.2 Å². The van der Waals surface area contributed by atoms with Crippen LogP contribution in [0.1, 0.15) is 32.6 Å². The van der Waals surface area contributed by atoms with Crippen molar-refractivity contribution in [2.24, 2.45) is 11.7 Å². The lowest BCUT2D eigenvalue weighted by atomic mass is 9.84. The summed E-state index contributed by atoms with van der Waals surface area (Å²) in [6.45, 7) is 1.46. The lowest BCUT2D eigenvalue weighted by Gasteiger charge is -2.38. The standard InChI is InChI=1S/C10H19F3N2O2S/c1-2-15(18(16,17)10(11,12)13)9-6-4-3-5-8(9)7-14/h8-9H,2-7,14H2,1H3. The molecule has 1 aliphatic rings. The van der Waals surface area contributed by atoms with E-state index in [2.05, 4.69) is 0 Å². The maximum absolute atomic E-state index is 12.6. The van der Waals surface area contributed by atoms with E-state index in [1.165, 1.54) is 6.92 Å². The number of sulfonamides is 1. The highest BCUT2D eigenvalue weighted by molar-refractivity contribution is 7.90. The smallest absolute Gasteiger partial charge is 0.330 e. The second kappa shape index (κ2) is 5.75. The molecule has 0 aromatic rings. The van der Waals surface area contributed by atoms with Crippen molar-refractivity contribution in [2.45, 2.75) is 44.2 Å². The van der Waals surface area contributed by atoms with Gasteiger partial charge >= 0.3 is 15.5 Å². The minimum Gasteiger partial charge on any atom is -0.330 e. The average molecular weight is 288 g/mol. The van der Waals surface area contributed by atoms with Crippen molar-refractivity contribution in [3.8, 4) is 0 Å². The highest BCUT2D eigenvalue weighted by Crippen LogP contribution is 2.34. The predicted molar refractivity (Wildman–Crippen MR) is 62.2 cm³/mol. The number of alkyl halides is 3. The zero-order valence-electron chi connectivity index (χ0n) is 10.3. The number of nitrogens with zero attached hydrogens (tertiary/aromatic N) is 1. The predicted octanol–water partition coefficient (Wildman–Crippen LogP) is 1.68. The molecule has 0 bridgehead atoms. The topological polar surface area (TPSA) is 63.4 Å². The van der Waals surface area contributed by atoms with Gasteiger partial charge in [0.25, 0.3) is 0 Å². The molecule has 1 saturated carbocycles. The first-order valence-electron chi connectivity index (χ1n) is 6.03. The summed E-state index contributed by atoms with van der Waals surface area (Å²) in [5.41, 5.74) is 0.299. The van der Waals surface area contributed by atoms with E-state index in [-0.39, 0.29) is 19.0 Å². The van der Waals surface area contributed by atoms with Crippen LogP contribution in [0.5, 0.6) is 0 Å². The molecule has 2 N–H and O–H groups in total. The van der Waals surface area contributed by atoms with Crippen molar-refractivity contribution < 1.29 is 21.6 Å². The van der Waals surface area contributed by atoms with Crippen molar-refractivity contribution in [1.82, 2.24) is 4.31 Å². The Labute approximate surface area is 105 Å². The minimum atomic E-state index is -5.25. The molecule has 0 radical (unpaired) electrons. The van der Waals surface area contributed by atoms with E-state index in [1.807, 2.05) is 0 Å². The van der Waals surface area contributed by atoms with Gasteiger partial charge in [-0.1, -0.05) is 19.8 Å². The summed E-state index contributed by atoms with van der Waals surface area (Å²) in [6.07, 6.45) is 2.77. The molecule has 18 heavy (non-hydrogen) atoms. The third kappa shape index (κ3) is 2.97. The molecule has 1 rings (SSSR count). The highest BCUT2D eigenvalue weighted by Gasteiger charge is 2.52. The number of hydrogen-bond acceptors (Lipinski definition) is 3. The molecular weight excluding hydrogens is 269 g/mol. The third-order valence-corrected chi connectivity index (χ3v) is 5.19. The van der Waals surface area contributed by atoms with Gasteiger partial charge in [0.1, 0.15) is 0 Å². The molecular formula is C10H19F3N2O2S. The summed E-state index contributed by atoms with van der Waals surface area (Å²) < 4.78 is 61.4. The van der Waals surface area contributed by atoms with E-state index in [1.54, 1.807) is 0 Å². The second-order valence-corrected chi connectivity index (χ2v) is 6.38. The van der Waals surface area contributed by atoms with Gasteiger partial charge in [-0.2, -0.15) is 17.5 Å². The molecule has 108 valence electrons. The summed E-state index contributed by atoms with van der Waals surface area (Å²) in [5.74, 6) is -0.184. The minimum absolute atomic E-state index is 0.178. The van der Waals surface area contributed by atoms with Crippen LogP contribution < -0.4 is 5.73 Å². The van der Waals surface area contributed by atoms with E-state index in [0.29, 0.717) is 17.1 Å². The van der Waals surface area contributed by atoms with Gasteiger partial charge in [0, 0.05) is 12.6 Å². The van der Waals surface area contributed by atoms with Crippen LogP contribution in [0.25, 0.3) is 0 Å². The van der Waals surface area contributed by atoms with Crippen LogP contribution in [0.3, 0.4) is 0 Å². The summed E-state index contributed by atoms with van der Waals surface area (Å²) in [6, 6.07) is -0.625. The summed E-state index contributed by atoms with van der Waals surface area (Å²) >= 11 is 0. The number of nitrogens with two attached hydrogens (primary N) is 1. The molecule has 1 fully saturated rings. The third-order valence-electron chi connectivity index (χ3n) is 3.45. The van der Waals surface area contributed by atoms with E-state index >= 15 is 0 Å². The Bertz CT molecular complexity index is 370. The van der Waals surface area contributed by atoms with Gasteiger partial charge in [-0.3, -0.25) is 0 Å². The second-order valence-electron chi connectivity index (χ2n) is 4.50. The molecule has 0 aromatic heterocycles. The van der Waals surface area contributed by atoms with Crippen LogP contribution in [0.2, 0.25) is 0 Å². The summed E-state index contributed by atoms with van der Waals surface area (Å²) in [5, 5.41) is 0. The first kappa shape index (κ1) is 15.7. The van der Waals surface area contributed by atoms with Crippen LogP contribution >= 0.6 is 0 Å². The van der Waals surface area contributed by atoms with Crippen LogP contribution in [0, 0.1) is 5.92 Å². The SMILES string of the molecule is CCN(C1CCCCC1CN)S(=O)(=O)C(F)(F)F. The molecule has 2 unspecified atom stereocenters. The fraction of sp³-hybridized carbons (Fsp3) is 1.00. The Hall–Kier alpha value is -0.340. The first-order valence-corrected chi connectivity index (χ1v) is 7.47. The molecule has 4 nitrogen and oxygen atoms in total. The first-order chi connectivity index (χ1) is 8.25. The molecule has 1 aliphatic carbocycles. The normalized spacial score (nSPS) is 26.6. The summed E-state index contributed by atoms with van der Waals surface area (Å²) in [4.78, 5) is 0. The Morgan fingerprint density at radius 2 is 1.83 bits per heavy atom.